The largest absolute Gasteiger partial charge is 0.352 e. The van der Waals surface area contributed by atoms with Crippen molar-refractivity contribution in [2.75, 3.05) is 16.2 Å². The minimum Gasteiger partial charge on any atom is -0.352 e. The number of halogens is 1. The van der Waals surface area contributed by atoms with Crippen molar-refractivity contribution in [3.8, 4) is 0 Å². The van der Waals surface area contributed by atoms with E-state index in [0.717, 1.165) is 37.7 Å². The van der Waals surface area contributed by atoms with Gasteiger partial charge in [-0.1, -0.05) is 6.92 Å². The lowest BCUT2D eigenvalue weighted by Crippen LogP contribution is -2.39. The van der Waals surface area contributed by atoms with E-state index in [1.54, 1.807) is 12.1 Å². The van der Waals surface area contributed by atoms with Gasteiger partial charge in [-0.3, -0.25) is 4.72 Å². The van der Waals surface area contributed by atoms with Crippen LogP contribution in [-0.2, 0) is 10.0 Å². The molecule has 1 saturated heterocycles. The highest BCUT2D eigenvalue weighted by molar-refractivity contribution is 7.92. The van der Waals surface area contributed by atoms with Crippen LogP contribution in [0.25, 0.3) is 0 Å². The molecule has 1 fully saturated rings. The second-order valence-corrected chi connectivity index (χ2v) is 8.23. The van der Waals surface area contributed by atoms with Gasteiger partial charge in [0, 0.05) is 12.6 Å². The van der Waals surface area contributed by atoms with Crippen LogP contribution in [0.1, 0.15) is 38.2 Å². The zero-order valence-corrected chi connectivity index (χ0v) is 15.8. The van der Waals surface area contributed by atoms with E-state index in [4.69, 9.17) is 0 Å². The first-order valence-electron chi connectivity index (χ1n) is 8.80. The number of hydrogen-bond donors (Lipinski definition) is 1. The molecule has 8 heteroatoms. The first-order chi connectivity index (χ1) is 12.4. The summed E-state index contributed by atoms with van der Waals surface area (Å²) in [6.45, 7) is 4.61. The summed E-state index contributed by atoms with van der Waals surface area (Å²) in [6, 6.07) is 7.50. The number of piperidine rings is 1. The molecule has 1 aromatic carbocycles. The number of aromatic nitrogens is 2. The van der Waals surface area contributed by atoms with Crippen LogP contribution in [-0.4, -0.2) is 31.2 Å². The normalized spacial score (nSPS) is 18.0. The van der Waals surface area contributed by atoms with E-state index in [2.05, 4.69) is 26.7 Å². The lowest BCUT2D eigenvalue weighted by atomic mass is 10.0. The summed E-state index contributed by atoms with van der Waals surface area (Å²) < 4.78 is 40.6. The molecule has 0 radical (unpaired) electrons. The van der Waals surface area contributed by atoms with Crippen LogP contribution in [0.2, 0.25) is 0 Å². The molecule has 1 aliphatic heterocycles. The Morgan fingerprint density at radius 2 is 2.04 bits per heavy atom. The van der Waals surface area contributed by atoms with Gasteiger partial charge in [-0.25, -0.2) is 12.8 Å². The standard InChI is InChI=1S/C18H23FN4O2S/c1-3-14-6-4-5-11-23(14)18-10-9-17(20-21-18)22-26(24,25)15-7-8-16(19)13(2)12-15/h7-10,12,14H,3-6,11H2,1-2H3,(H,20,22). The van der Waals surface area contributed by atoms with Crippen molar-refractivity contribution in [2.24, 2.45) is 0 Å². The van der Waals surface area contributed by atoms with E-state index in [-0.39, 0.29) is 16.3 Å². The number of benzene rings is 1. The highest BCUT2D eigenvalue weighted by Crippen LogP contribution is 2.25. The Balaban J connectivity index is 1.77. The molecule has 140 valence electrons. The predicted molar refractivity (Wildman–Crippen MR) is 99.3 cm³/mol. The topological polar surface area (TPSA) is 75.2 Å². The van der Waals surface area contributed by atoms with Crippen LogP contribution in [0.5, 0.6) is 0 Å². The molecule has 0 saturated carbocycles. The second kappa shape index (κ2) is 7.57. The van der Waals surface area contributed by atoms with Gasteiger partial charge in [0.25, 0.3) is 10.0 Å². The Bertz CT molecular complexity index is 871. The third-order valence-corrected chi connectivity index (χ3v) is 6.07. The summed E-state index contributed by atoms with van der Waals surface area (Å²) in [5, 5.41) is 8.22. The Kier molecular flexibility index (Phi) is 5.41. The van der Waals surface area contributed by atoms with Gasteiger partial charge in [0.2, 0.25) is 0 Å². The zero-order valence-electron chi connectivity index (χ0n) is 14.9. The molecule has 6 nitrogen and oxygen atoms in total. The zero-order chi connectivity index (χ0) is 18.7. The molecule has 2 aromatic rings. The smallest absolute Gasteiger partial charge is 0.263 e. The minimum atomic E-state index is -3.84. The molecule has 0 spiro atoms. The van der Waals surface area contributed by atoms with Gasteiger partial charge in [0.1, 0.15) is 5.82 Å². The molecule has 1 unspecified atom stereocenters. The van der Waals surface area contributed by atoms with Crippen molar-refractivity contribution in [1.82, 2.24) is 10.2 Å². The maximum absolute atomic E-state index is 13.4. The second-order valence-electron chi connectivity index (χ2n) is 6.54. The molecule has 2 heterocycles. The number of sulfonamides is 1. The molecule has 1 atom stereocenters. The quantitative estimate of drug-likeness (QED) is 0.862. The van der Waals surface area contributed by atoms with Gasteiger partial charge < -0.3 is 4.90 Å². The van der Waals surface area contributed by atoms with Crippen molar-refractivity contribution >= 4 is 21.7 Å². The maximum atomic E-state index is 13.4. The average Bonchev–Trinajstić information content (AvgIpc) is 2.64. The number of hydrogen-bond acceptors (Lipinski definition) is 5. The molecule has 26 heavy (non-hydrogen) atoms. The average molecular weight is 378 g/mol. The van der Waals surface area contributed by atoms with Crippen LogP contribution < -0.4 is 9.62 Å². The summed E-state index contributed by atoms with van der Waals surface area (Å²) >= 11 is 0. The number of nitrogens with zero attached hydrogens (tertiary/aromatic N) is 3. The van der Waals surface area contributed by atoms with Crippen LogP contribution in [0.15, 0.2) is 35.2 Å². The fraction of sp³-hybridized carbons (Fsp3) is 0.444. The van der Waals surface area contributed by atoms with E-state index in [1.807, 2.05) is 0 Å². The van der Waals surface area contributed by atoms with Crippen LogP contribution >= 0.6 is 0 Å². The molecular weight excluding hydrogens is 355 g/mol. The van der Waals surface area contributed by atoms with E-state index < -0.39 is 15.8 Å². The van der Waals surface area contributed by atoms with Crippen molar-refractivity contribution in [1.29, 1.82) is 0 Å². The van der Waals surface area contributed by atoms with E-state index in [0.29, 0.717) is 6.04 Å². The number of rotatable bonds is 5. The molecule has 0 bridgehead atoms. The summed E-state index contributed by atoms with van der Waals surface area (Å²) in [5.41, 5.74) is 0.269. The number of nitrogens with one attached hydrogen (secondary N) is 1. The molecule has 0 aliphatic carbocycles. The lowest BCUT2D eigenvalue weighted by Gasteiger charge is -2.35. The number of aryl methyl sites for hydroxylation is 1. The third-order valence-electron chi connectivity index (χ3n) is 4.72. The molecule has 1 N–H and O–H groups in total. The third kappa shape index (κ3) is 3.95. The van der Waals surface area contributed by atoms with E-state index in [1.165, 1.54) is 25.5 Å². The van der Waals surface area contributed by atoms with Crippen molar-refractivity contribution in [2.45, 2.75) is 50.5 Å². The lowest BCUT2D eigenvalue weighted by molar-refractivity contribution is 0.445. The highest BCUT2D eigenvalue weighted by atomic mass is 32.2. The summed E-state index contributed by atoms with van der Waals surface area (Å²) in [7, 11) is -3.84. The van der Waals surface area contributed by atoms with Crippen LogP contribution in [0, 0.1) is 12.7 Å². The first kappa shape index (κ1) is 18.6. The van der Waals surface area contributed by atoms with Gasteiger partial charge in [-0.15, -0.1) is 10.2 Å². The van der Waals surface area contributed by atoms with Gasteiger partial charge >= 0.3 is 0 Å². The van der Waals surface area contributed by atoms with E-state index >= 15 is 0 Å². The SMILES string of the molecule is CCC1CCCCN1c1ccc(NS(=O)(=O)c2ccc(F)c(C)c2)nn1. The Labute approximate surface area is 153 Å². The highest BCUT2D eigenvalue weighted by Gasteiger charge is 2.23. The van der Waals surface area contributed by atoms with Crippen LogP contribution in [0.3, 0.4) is 0 Å². The molecule has 3 rings (SSSR count). The first-order valence-corrected chi connectivity index (χ1v) is 10.3. The fourth-order valence-electron chi connectivity index (χ4n) is 3.24. The Hall–Kier alpha value is -2.22. The molecular formula is C18H23FN4O2S. The maximum Gasteiger partial charge on any atom is 0.263 e. The summed E-state index contributed by atoms with van der Waals surface area (Å²) in [4.78, 5) is 2.22. The van der Waals surface area contributed by atoms with Gasteiger partial charge in [-0.2, -0.15) is 0 Å². The fourth-order valence-corrected chi connectivity index (χ4v) is 4.32. The Morgan fingerprint density at radius 3 is 2.69 bits per heavy atom. The summed E-state index contributed by atoms with van der Waals surface area (Å²) in [5.74, 6) is 0.456. The predicted octanol–water partition coefficient (Wildman–Crippen LogP) is 3.49. The van der Waals surface area contributed by atoms with Crippen molar-refractivity contribution in [3.05, 3.63) is 41.7 Å². The molecule has 1 aromatic heterocycles. The van der Waals surface area contributed by atoms with Gasteiger partial charge in [0.05, 0.1) is 4.90 Å². The number of anilines is 2. The van der Waals surface area contributed by atoms with Crippen molar-refractivity contribution in [3.63, 3.8) is 0 Å². The van der Waals surface area contributed by atoms with Crippen LogP contribution in [0.4, 0.5) is 16.0 Å². The summed E-state index contributed by atoms with van der Waals surface area (Å²) in [6.07, 6.45) is 4.52. The molecule has 0 amide bonds. The Morgan fingerprint density at radius 1 is 1.23 bits per heavy atom. The van der Waals surface area contributed by atoms with Gasteiger partial charge in [0.15, 0.2) is 11.6 Å². The monoisotopic (exact) mass is 378 g/mol. The molecule has 1 aliphatic rings. The van der Waals surface area contributed by atoms with E-state index in [9.17, 15) is 12.8 Å². The van der Waals surface area contributed by atoms with Gasteiger partial charge in [-0.05, 0) is 68.5 Å². The van der Waals surface area contributed by atoms with Crippen molar-refractivity contribution < 1.29 is 12.8 Å². The minimum absolute atomic E-state index is 0.00986.